The molecule has 0 aromatic rings. The van der Waals surface area contributed by atoms with E-state index in [1.165, 1.54) is 83.5 Å². The molecule has 0 heterocycles. The Hall–Kier alpha value is -2.49. The average molecular weight is 793 g/mol. The number of carbonyl (C=O) groups is 3. The third kappa shape index (κ3) is 39.7. The highest BCUT2D eigenvalue weighted by Gasteiger charge is 2.25. The van der Waals surface area contributed by atoms with Crippen LogP contribution in [0.3, 0.4) is 0 Å². The molecular weight excluding hydrogens is 707 g/mol. The Morgan fingerprint density at radius 2 is 0.964 bits per heavy atom. The minimum atomic E-state index is -1.51. The summed E-state index contributed by atoms with van der Waals surface area (Å²) in [5.74, 6) is -2.02. The number of allylic oxidation sites excluding steroid dienone is 6. The number of rotatable bonds is 41. The molecule has 326 valence electrons. The van der Waals surface area contributed by atoms with E-state index in [9.17, 15) is 19.5 Å². The van der Waals surface area contributed by atoms with Crippen molar-refractivity contribution >= 4 is 17.9 Å². The first-order valence-corrected chi connectivity index (χ1v) is 22.7. The van der Waals surface area contributed by atoms with Crippen LogP contribution in [0.15, 0.2) is 36.5 Å². The molecule has 0 amide bonds. The Bertz CT molecular complexity index is 1020. The van der Waals surface area contributed by atoms with E-state index in [4.69, 9.17) is 18.9 Å². The molecule has 0 saturated carbocycles. The van der Waals surface area contributed by atoms with Gasteiger partial charge in [-0.05, 0) is 70.6 Å². The second-order valence-electron chi connectivity index (χ2n) is 16.4. The van der Waals surface area contributed by atoms with Crippen LogP contribution in [0.1, 0.15) is 187 Å². The summed E-state index contributed by atoms with van der Waals surface area (Å²) in [7, 11) is 5.95. The number of hydrogen-bond donors (Lipinski definition) is 1. The van der Waals surface area contributed by atoms with Crippen molar-refractivity contribution in [1.29, 1.82) is 0 Å². The van der Waals surface area contributed by atoms with E-state index in [1.807, 2.05) is 21.1 Å². The summed E-state index contributed by atoms with van der Waals surface area (Å²) >= 11 is 0. The SMILES string of the molecule is CCCCC/C=C\C/C=C\CCCCCCCCCCCC(=O)OC(COC(=O)CCCCCCC/C=C\CCCCC)COC(OCC[N+](C)(C)C)C(=O)O. The molecule has 0 rings (SSSR count). The molecule has 0 saturated heterocycles. The van der Waals surface area contributed by atoms with Crippen molar-refractivity contribution in [3.8, 4) is 0 Å². The van der Waals surface area contributed by atoms with Gasteiger partial charge < -0.3 is 28.5 Å². The Morgan fingerprint density at radius 3 is 1.43 bits per heavy atom. The number of quaternary nitrogens is 1. The van der Waals surface area contributed by atoms with Gasteiger partial charge in [-0.15, -0.1) is 0 Å². The van der Waals surface area contributed by atoms with Gasteiger partial charge in [0.2, 0.25) is 0 Å². The maximum Gasteiger partial charge on any atom is 0.361 e. The number of nitrogens with zero attached hydrogens (tertiary/aromatic N) is 1. The summed E-state index contributed by atoms with van der Waals surface area (Å²) in [6.45, 7) is 4.80. The van der Waals surface area contributed by atoms with Crippen molar-refractivity contribution in [3.05, 3.63) is 36.5 Å². The van der Waals surface area contributed by atoms with E-state index < -0.39 is 24.3 Å². The van der Waals surface area contributed by atoms with Gasteiger partial charge in [-0.3, -0.25) is 9.59 Å². The predicted molar refractivity (Wildman–Crippen MR) is 230 cm³/mol. The van der Waals surface area contributed by atoms with Gasteiger partial charge in [0.25, 0.3) is 6.29 Å². The minimum Gasteiger partial charge on any atom is -0.477 e. The van der Waals surface area contributed by atoms with Crippen molar-refractivity contribution in [1.82, 2.24) is 0 Å². The number of unbranched alkanes of at least 4 members (excludes halogenated alkanes) is 20. The zero-order valence-electron chi connectivity index (χ0n) is 36.8. The Kier molecular flexibility index (Phi) is 37.6. The summed E-state index contributed by atoms with van der Waals surface area (Å²) < 4.78 is 22.7. The lowest BCUT2D eigenvalue weighted by atomic mass is 10.1. The lowest BCUT2D eigenvalue weighted by Gasteiger charge is -2.25. The van der Waals surface area contributed by atoms with Gasteiger partial charge in [-0.25, -0.2) is 4.79 Å². The minimum absolute atomic E-state index is 0.185. The summed E-state index contributed by atoms with van der Waals surface area (Å²) in [6.07, 6.45) is 40.5. The van der Waals surface area contributed by atoms with Gasteiger partial charge in [-0.2, -0.15) is 0 Å². The molecule has 56 heavy (non-hydrogen) atoms. The molecule has 0 bridgehead atoms. The molecule has 0 aliphatic heterocycles. The van der Waals surface area contributed by atoms with Crippen molar-refractivity contribution < 1.29 is 42.9 Å². The van der Waals surface area contributed by atoms with E-state index >= 15 is 0 Å². The molecule has 0 aliphatic rings. The van der Waals surface area contributed by atoms with Crippen LogP contribution in [0.4, 0.5) is 0 Å². The number of hydrogen-bond acceptors (Lipinski definition) is 7. The topological polar surface area (TPSA) is 108 Å². The zero-order chi connectivity index (χ0) is 41.4. The number of likely N-dealkylation sites (N-methyl/N-ethyl adjacent to an activating group) is 1. The van der Waals surface area contributed by atoms with E-state index in [1.54, 1.807) is 0 Å². The van der Waals surface area contributed by atoms with Crippen molar-refractivity contribution in [3.63, 3.8) is 0 Å². The van der Waals surface area contributed by atoms with Gasteiger partial charge in [0, 0.05) is 12.8 Å². The largest absolute Gasteiger partial charge is 0.477 e. The first-order valence-electron chi connectivity index (χ1n) is 22.7. The number of esters is 2. The lowest BCUT2D eigenvalue weighted by molar-refractivity contribution is -0.870. The van der Waals surface area contributed by atoms with Gasteiger partial charge in [0.05, 0.1) is 34.4 Å². The van der Waals surface area contributed by atoms with Crippen LogP contribution < -0.4 is 0 Å². The fourth-order valence-corrected chi connectivity index (χ4v) is 6.04. The second kappa shape index (κ2) is 39.3. The van der Waals surface area contributed by atoms with Crippen molar-refractivity contribution in [2.24, 2.45) is 0 Å². The van der Waals surface area contributed by atoms with Crippen LogP contribution in [-0.4, -0.2) is 87.4 Å². The fraction of sp³-hybridized carbons (Fsp3) is 0.809. The summed E-state index contributed by atoms with van der Waals surface area (Å²) in [6, 6.07) is 0. The molecule has 0 aromatic carbocycles. The Morgan fingerprint density at radius 1 is 0.536 bits per heavy atom. The highest BCUT2D eigenvalue weighted by molar-refractivity contribution is 5.71. The number of carboxylic acid groups (broad SMARTS) is 1. The molecule has 9 heteroatoms. The number of ether oxygens (including phenoxy) is 4. The van der Waals surface area contributed by atoms with Gasteiger partial charge >= 0.3 is 17.9 Å². The van der Waals surface area contributed by atoms with E-state index in [2.05, 4.69) is 50.3 Å². The van der Waals surface area contributed by atoms with Crippen molar-refractivity contribution in [2.75, 3.05) is 47.5 Å². The van der Waals surface area contributed by atoms with Crippen LogP contribution >= 0.6 is 0 Å². The van der Waals surface area contributed by atoms with Gasteiger partial charge in [-0.1, -0.05) is 140 Å². The highest BCUT2D eigenvalue weighted by atomic mass is 16.7. The maximum absolute atomic E-state index is 12.8. The quantitative estimate of drug-likeness (QED) is 0.0214. The Labute approximate surface area is 343 Å². The number of carbonyl (C=O) groups excluding carboxylic acids is 2. The Balaban J connectivity index is 4.42. The molecular formula is C47H86NO8+. The predicted octanol–water partition coefficient (Wildman–Crippen LogP) is 11.8. The van der Waals surface area contributed by atoms with Crippen LogP contribution in [0.2, 0.25) is 0 Å². The van der Waals surface area contributed by atoms with Gasteiger partial charge in [0.15, 0.2) is 6.10 Å². The van der Waals surface area contributed by atoms with Crippen LogP contribution in [0, 0.1) is 0 Å². The standard InChI is InChI=1S/C47H85NO8/c1-6-8-10-12-14-16-18-20-21-22-23-24-25-26-28-30-32-34-36-38-45(50)56-43(42-55-47(46(51)52)53-40-39-48(3,4)5)41-54-44(49)37-35-33-31-29-27-19-17-15-13-11-9-7-2/h14-17,20-21,43,47H,6-13,18-19,22-42H2,1-5H3/p+1/b16-14-,17-15-,21-20-. The first kappa shape index (κ1) is 53.5. The maximum atomic E-state index is 12.8. The average Bonchev–Trinajstić information content (AvgIpc) is 3.15. The zero-order valence-corrected chi connectivity index (χ0v) is 36.8. The summed E-state index contributed by atoms with van der Waals surface area (Å²) in [5, 5.41) is 9.63. The smallest absolute Gasteiger partial charge is 0.361 e. The molecule has 0 radical (unpaired) electrons. The second-order valence-corrected chi connectivity index (χ2v) is 16.4. The van der Waals surface area contributed by atoms with Crippen LogP contribution in [0.5, 0.6) is 0 Å². The third-order valence-electron chi connectivity index (χ3n) is 9.62. The number of carboxylic acids is 1. The normalized spacial score (nSPS) is 13.2. The molecule has 0 spiro atoms. The fourth-order valence-electron chi connectivity index (χ4n) is 6.04. The van der Waals surface area contributed by atoms with Gasteiger partial charge in [0.1, 0.15) is 13.2 Å². The third-order valence-corrected chi connectivity index (χ3v) is 9.62. The molecule has 2 atom stereocenters. The molecule has 1 N–H and O–H groups in total. The molecule has 0 aromatic heterocycles. The lowest BCUT2D eigenvalue weighted by Crippen LogP contribution is -2.40. The van der Waals surface area contributed by atoms with Crippen molar-refractivity contribution in [2.45, 2.75) is 200 Å². The monoisotopic (exact) mass is 793 g/mol. The van der Waals surface area contributed by atoms with E-state index in [0.717, 1.165) is 70.6 Å². The molecule has 9 nitrogen and oxygen atoms in total. The van der Waals surface area contributed by atoms with E-state index in [-0.39, 0.29) is 32.2 Å². The summed E-state index contributed by atoms with van der Waals surface area (Å²) in [5.41, 5.74) is 0. The first-order chi connectivity index (χ1) is 27.1. The molecule has 2 unspecified atom stereocenters. The van der Waals surface area contributed by atoms with Crippen LogP contribution in [-0.2, 0) is 33.3 Å². The van der Waals surface area contributed by atoms with Crippen LogP contribution in [0.25, 0.3) is 0 Å². The highest BCUT2D eigenvalue weighted by Crippen LogP contribution is 2.14. The number of aliphatic carboxylic acids is 1. The van der Waals surface area contributed by atoms with E-state index in [0.29, 0.717) is 23.9 Å². The molecule has 0 fully saturated rings. The molecule has 0 aliphatic carbocycles. The summed E-state index contributed by atoms with van der Waals surface area (Å²) in [4.78, 5) is 37.1.